The molecule has 2 nitrogen and oxygen atoms in total. The third kappa shape index (κ3) is 3.93. The van der Waals surface area contributed by atoms with Crippen LogP contribution in [0.25, 0.3) is 0 Å². The number of rotatable bonds is 3. The summed E-state index contributed by atoms with van der Waals surface area (Å²) in [5, 5.41) is 2.43. The van der Waals surface area contributed by atoms with E-state index in [4.69, 9.17) is 11.6 Å². The van der Waals surface area contributed by atoms with Crippen molar-refractivity contribution in [1.82, 2.24) is 5.32 Å². The SMILES string of the molecule is CCC(NC(=O)C(F)(F)F)c1ccc(Cl)cc1. The summed E-state index contributed by atoms with van der Waals surface area (Å²) in [5.74, 6) is -1.93. The molecule has 0 fully saturated rings. The highest BCUT2D eigenvalue weighted by atomic mass is 35.5. The van der Waals surface area contributed by atoms with Crippen LogP contribution in [0.1, 0.15) is 24.9 Å². The molecule has 1 rings (SSSR count). The van der Waals surface area contributed by atoms with Crippen molar-refractivity contribution in [1.29, 1.82) is 0 Å². The predicted octanol–water partition coefficient (Wildman–Crippen LogP) is 3.47. The van der Waals surface area contributed by atoms with Gasteiger partial charge in [-0.05, 0) is 24.1 Å². The monoisotopic (exact) mass is 265 g/mol. The van der Waals surface area contributed by atoms with Crippen LogP contribution in [0.3, 0.4) is 0 Å². The van der Waals surface area contributed by atoms with Crippen LogP contribution < -0.4 is 5.32 Å². The first-order valence-electron chi connectivity index (χ1n) is 4.97. The van der Waals surface area contributed by atoms with Crippen LogP contribution in [0.5, 0.6) is 0 Å². The largest absolute Gasteiger partial charge is 0.471 e. The van der Waals surface area contributed by atoms with Crippen LogP contribution >= 0.6 is 11.6 Å². The van der Waals surface area contributed by atoms with E-state index in [0.29, 0.717) is 17.0 Å². The van der Waals surface area contributed by atoms with Crippen molar-refractivity contribution < 1.29 is 18.0 Å². The molecule has 0 saturated carbocycles. The number of alkyl halides is 3. The van der Waals surface area contributed by atoms with E-state index in [1.807, 2.05) is 5.32 Å². The van der Waals surface area contributed by atoms with E-state index in [-0.39, 0.29) is 0 Å². The van der Waals surface area contributed by atoms with E-state index in [0.717, 1.165) is 0 Å². The Morgan fingerprint density at radius 1 is 1.35 bits per heavy atom. The maximum absolute atomic E-state index is 12.1. The lowest BCUT2D eigenvalue weighted by molar-refractivity contribution is -0.174. The van der Waals surface area contributed by atoms with Gasteiger partial charge in [0.05, 0.1) is 6.04 Å². The van der Waals surface area contributed by atoms with Gasteiger partial charge in [-0.1, -0.05) is 30.7 Å². The van der Waals surface area contributed by atoms with Gasteiger partial charge in [-0.15, -0.1) is 0 Å². The van der Waals surface area contributed by atoms with Crippen molar-refractivity contribution in [3.63, 3.8) is 0 Å². The van der Waals surface area contributed by atoms with Gasteiger partial charge in [0.25, 0.3) is 0 Å². The minimum atomic E-state index is -4.86. The van der Waals surface area contributed by atoms with Gasteiger partial charge in [0.1, 0.15) is 0 Å². The number of hydrogen-bond donors (Lipinski definition) is 1. The lowest BCUT2D eigenvalue weighted by Crippen LogP contribution is -2.38. The Kier molecular flexibility index (Phi) is 4.40. The summed E-state index contributed by atoms with van der Waals surface area (Å²) in [6, 6.07) is 5.65. The van der Waals surface area contributed by atoms with Gasteiger partial charge in [-0.2, -0.15) is 13.2 Å². The Morgan fingerprint density at radius 3 is 2.29 bits per heavy atom. The van der Waals surface area contributed by atoms with E-state index in [2.05, 4.69) is 0 Å². The van der Waals surface area contributed by atoms with Gasteiger partial charge < -0.3 is 5.32 Å². The number of hydrogen-bond acceptors (Lipinski definition) is 1. The highest BCUT2D eigenvalue weighted by molar-refractivity contribution is 6.30. The van der Waals surface area contributed by atoms with Gasteiger partial charge in [-0.3, -0.25) is 4.79 Å². The maximum Gasteiger partial charge on any atom is 0.471 e. The summed E-state index contributed by atoms with van der Waals surface area (Å²) >= 11 is 5.67. The fourth-order valence-corrected chi connectivity index (χ4v) is 1.48. The van der Waals surface area contributed by atoms with Crippen LogP contribution in [0.2, 0.25) is 5.02 Å². The molecule has 0 aromatic heterocycles. The topological polar surface area (TPSA) is 29.1 Å². The molecule has 1 N–H and O–H groups in total. The van der Waals surface area contributed by atoms with Crippen molar-refractivity contribution in [2.24, 2.45) is 0 Å². The standard InChI is InChI=1S/C11H11ClF3NO/c1-2-9(16-10(17)11(13,14)15)7-3-5-8(12)6-4-7/h3-6,9H,2H2,1H3,(H,16,17). The molecule has 1 aromatic rings. The molecule has 1 unspecified atom stereocenters. The normalized spacial score (nSPS) is 13.2. The molecule has 1 atom stereocenters. The summed E-state index contributed by atoms with van der Waals surface area (Å²) in [7, 11) is 0. The smallest absolute Gasteiger partial charge is 0.341 e. The lowest BCUT2D eigenvalue weighted by atomic mass is 10.0. The number of carbonyl (C=O) groups is 1. The zero-order valence-corrected chi connectivity index (χ0v) is 9.77. The van der Waals surface area contributed by atoms with Gasteiger partial charge >= 0.3 is 12.1 Å². The molecular weight excluding hydrogens is 255 g/mol. The third-order valence-corrected chi connectivity index (χ3v) is 2.50. The van der Waals surface area contributed by atoms with E-state index in [1.165, 1.54) is 0 Å². The molecule has 0 spiro atoms. The van der Waals surface area contributed by atoms with Crippen LogP contribution in [0, 0.1) is 0 Å². The fourth-order valence-electron chi connectivity index (χ4n) is 1.36. The Balaban J connectivity index is 2.79. The Labute approximate surface area is 102 Å². The van der Waals surface area contributed by atoms with Crippen molar-refractivity contribution in [3.8, 4) is 0 Å². The number of amides is 1. The molecule has 0 aliphatic rings. The average molecular weight is 266 g/mol. The van der Waals surface area contributed by atoms with E-state index >= 15 is 0 Å². The van der Waals surface area contributed by atoms with Gasteiger partial charge in [-0.25, -0.2) is 0 Å². The second-order valence-corrected chi connectivity index (χ2v) is 3.92. The van der Waals surface area contributed by atoms with E-state index < -0.39 is 18.1 Å². The highest BCUT2D eigenvalue weighted by Gasteiger charge is 2.39. The molecule has 1 aromatic carbocycles. The summed E-state index contributed by atoms with van der Waals surface area (Å²) in [5.41, 5.74) is 0.592. The Morgan fingerprint density at radius 2 is 1.88 bits per heavy atom. The first-order valence-corrected chi connectivity index (χ1v) is 5.35. The zero-order valence-electron chi connectivity index (χ0n) is 9.01. The summed E-state index contributed by atoms with van der Waals surface area (Å²) in [6.07, 6.45) is -4.50. The van der Waals surface area contributed by atoms with Crippen molar-refractivity contribution in [3.05, 3.63) is 34.9 Å². The van der Waals surface area contributed by atoms with Crippen LogP contribution in [0.4, 0.5) is 13.2 Å². The molecule has 94 valence electrons. The average Bonchev–Trinajstić information content (AvgIpc) is 2.25. The van der Waals surface area contributed by atoms with Crippen LogP contribution in [-0.4, -0.2) is 12.1 Å². The molecule has 1 amide bonds. The molecule has 0 radical (unpaired) electrons. The maximum atomic E-state index is 12.1. The van der Waals surface area contributed by atoms with Crippen molar-refractivity contribution in [2.75, 3.05) is 0 Å². The highest BCUT2D eigenvalue weighted by Crippen LogP contribution is 2.22. The molecule has 6 heteroatoms. The van der Waals surface area contributed by atoms with Crippen LogP contribution in [0.15, 0.2) is 24.3 Å². The molecule has 0 aliphatic heterocycles. The molecule has 0 aliphatic carbocycles. The number of halogens is 4. The van der Waals surface area contributed by atoms with Gasteiger partial charge in [0.2, 0.25) is 0 Å². The quantitative estimate of drug-likeness (QED) is 0.891. The number of carbonyl (C=O) groups excluding carboxylic acids is 1. The zero-order chi connectivity index (χ0) is 13.1. The Hall–Kier alpha value is -1.23. The van der Waals surface area contributed by atoms with E-state index in [1.54, 1.807) is 31.2 Å². The second-order valence-electron chi connectivity index (χ2n) is 3.48. The lowest BCUT2D eigenvalue weighted by Gasteiger charge is -2.18. The predicted molar refractivity (Wildman–Crippen MR) is 58.7 cm³/mol. The fraction of sp³-hybridized carbons (Fsp3) is 0.364. The third-order valence-electron chi connectivity index (χ3n) is 2.24. The molecule has 0 bridgehead atoms. The van der Waals surface area contributed by atoms with Crippen molar-refractivity contribution in [2.45, 2.75) is 25.6 Å². The molecule has 0 saturated heterocycles. The molecule has 0 heterocycles. The minimum absolute atomic E-state index is 0.365. The van der Waals surface area contributed by atoms with Crippen molar-refractivity contribution >= 4 is 17.5 Å². The summed E-state index contributed by atoms with van der Waals surface area (Å²) < 4.78 is 36.3. The Bertz CT molecular complexity index is 389. The van der Waals surface area contributed by atoms with Gasteiger partial charge in [0.15, 0.2) is 0 Å². The second kappa shape index (κ2) is 5.40. The first-order chi connectivity index (χ1) is 7.84. The first kappa shape index (κ1) is 13.8. The van der Waals surface area contributed by atoms with Crippen LogP contribution in [-0.2, 0) is 4.79 Å². The number of nitrogens with one attached hydrogen (secondary N) is 1. The molecule has 17 heavy (non-hydrogen) atoms. The van der Waals surface area contributed by atoms with Gasteiger partial charge in [0, 0.05) is 5.02 Å². The number of benzene rings is 1. The van der Waals surface area contributed by atoms with E-state index in [9.17, 15) is 18.0 Å². The molecular formula is C11H11ClF3NO. The minimum Gasteiger partial charge on any atom is -0.341 e. The summed E-state index contributed by atoms with van der Waals surface area (Å²) in [4.78, 5) is 10.8. The summed E-state index contributed by atoms with van der Waals surface area (Å²) in [6.45, 7) is 1.69.